The highest BCUT2D eigenvalue weighted by molar-refractivity contribution is 6.09. The van der Waals surface area contributed by atoms with Crippen LogP contribution in [0.4, 0.5) is 11.4 Å². The van der Waals surface area contributed by atoms with Crippen LogP contribution in [0.2, 0.25) is 0 Å². The molecule has 0 saturated heterocycles. The highest BCUT2D eigenvalue weighted by atomic mass is 16.5. The van der Waals surface area contributed by atoms with Crippen molar-refractivity contribution in [2.75, 3.05) is 17.7 Å². The third-order valence-electron chi connectivity index (χ3n) is 3.47. The van der Waals surface area contributed by atoms with Gasteiger partial charge in [-0.1, -0.05) is 12.1 Å². The summed E-state index contributed by atoms with van der Waals surface area (Å²) in [5.41, 5.74) is 1.96. The Balaban J connectivity index is 2.11. The number of hydrogen-bond acceptors (Lipinski definition) is 5. The molecule has 2 aromatic rings. The highest BCUT2D eigenvalue weighted by Crippen LogP contribution is 2.15. The zero-order chi connectivity index (χ0) is 19.8. The molecule has 0 aliphatic carbocycles. The van der Waals surface area contributed by atoms with Gasteiger partial charge in [0.2, 0.25) is 5.91 Å². The van der Waals surface area contributed by atoms with Gasteiger partial charge in [-0.05, 0) is 48.0 Å². The maximum atomic E-state index is 12.3. The summed E-state index contributed by atoms with van der Waals surface area (Å²) < 4.78 is 4.62. The summed E-state index contributed by atoms with van der Waals surface area (Å²) in [6.07, 6.45) is 1.42. The van der Waals surface area contributed by atoms with Crippen LogP contribution in [0.25, 0.3) is 6.08 Å². The van der Waals surface area contributed by atoms with Crippen molar-refractivity contribution in [1.29, 1.82) is 5.26 Å². The fourth-order valence-corrected chi connectivity index (χ4v) is 2.19. The van der Waals surface area contributed by atoms with Crippen molar-refractivity contribution in [3.63, 3.8) is 0 Å². The predicted molar refractivity (Wildman–Crippen MR) is 101 cm³/mol. The minimum absolute atomic E-state index is 0.0910. The maximum absolute atomic E-state index is 12.3. The monoisotopic (exact) mass is 363 g/mol. The number of carbonyl (C=O) groups is 3. The molecule has 0 fully saturated rings. The number of carbonyl (C=O) groups excluding carboxylic acids is 3. The Kier molecular flexibility index (Phi) is 6.44. The van der Waals surface area contributed by atoms with E-state index >= 15 is 0 Å². The van der Waals surface area contributed by atoms with E-state index in [0.717, 1.165) is 0 Å². The van der Waals surface area contributed by atoms with E-state index in [-0.39, 0.29) is 11.5 Å². The van der Waals surface area contributed by atoms with E-state index in [2.05, 4.69) is 15.4 Å². The summed E-state index contributed by atoms with van der Waals surface area (Å²) in [7, 11) is 1.29. The van der Waals surface area contributed by atoms with Gasteiger partial charge in [-0.15, -0.1) is 0 Å². The topological polar surface area (TPSA) is 108 Å². The Hall–Kier alpha value is -3.92. The van der Waals surface area contributed by atoms with E-state index in [9.17, 15) is 19.6 Å². The zero-order valence-corrected chi connectivity index (χ0v) is 14.8. The van der Waals surface area contributed by atoms with Gasteiger partial charge in [0.15, 0.2) is 0 Å². The molecule has 2 rings (SSSR count). The largest absolute Gasteiger partial charge is 0.465 e. The van der Waals surface area contributed by atoms with Gasteiger partial charge >= 0.3 is 5.97 Å². The van der Waals surface area contributed by atoms with Crippen molar-refractivity contribution >= 4 is 35.2 Å². The molecule has 2 N–H and O–H groups in total. The molecule has 0 atom stereocenters. The van der Waals surface area contributed by atoms with Crippen LogP contribution in [-0.4, -0.2) is 24.9 Å². The maximum Gasteiger partial charge on any atom is 0.337 e. The van der Waals surface area contributed by atoms with Crippen LogP contribution in [0.3, 0.4) is 0 Å². The molecule has 0 spiro atoms. The first kappa shape index (κ1) is 19.4. The van der Waals surface area contributed by atoms with E-state index in [1.807, 2.05) is 6.07 Å². The normalized spacial score (nSPS) is 10.5. The fourth-order valence-electron chi connectivity index (χ4n) is 2.19. The number of hydrogen-bond donors (Lipinski definition) is 2. The summed E-state index contributed by atoms with van der Waals surface area (Å²) in [5.74, 6) is -1.23. The SMILES string of the molecule is COC(=O)c1ccc(/C=C(\C#N)C(=O)Nc2ccc(NC(C)=O)cc2)cc1. The Bertz CT molecular complexity index is 923. The lowest BCUT2D eigenvalue weighted by Crippen LogP contribution is -2.13. The van der Waals surface area contributed by atoms with Crippen molar-refractivity contribution in [3.05, 3.63) is 65.2 Å². The van der Waals surface area contributed by atoms with Crippen LogP contribution in [0, 0.1) is 11.3 Å². The summed E-state index contributed by atoms with van der Waals surface area (Å²) in [4.78, 5) is 34.7. The number of anilines is 2. The minimum atomic E-state index is -0.568. The molecule has 7 heteroatoms. The van der Waals surface area contributed by atoms with Gasteiger partial charge < -0.3 is 15.4 Å². The van der Waals surface area contributed by atoms with Crippen molar-refractivity contribution in [3.8, 4) is 6.07 Å². The molecule has 0 heterocycles. The molecule has 0 bridgehead atoms. The zero-order valence-electron chi connectivity index (χ0n) is 14.8. The molecule has 136 valence electrons. The molecule has 0 radical (unpaired) electrons. The van der Waals surface area contributed by atoms with Crippen molar-refractivity contribution in [2.45, 2.75) is 6.92 Å². The van der Waals surface area contributed by atoms with Gasteiger partial charge in [0.1, 0.15) is 11.6 Å². The van der Waals surface area contributed by atoms with Gasteiger partial charge in [-0.3, -0.25) is 9.59 Å². The number of nitrogens with one attached hydrogen (secondary N) is 2. The van der Waals surface area contributed by atoms with Crippen LogP contribution in [-0.2, 0) is 14.3 Å². The summed E-state index contributed by atoms with van der Waals surface area (Å²) in [6.45, 7) is 1.40. The smallest absolute Gasteiger partial charge is 0.337 e. The molecule has 27 heavy (non-hydrogen) atoms. The Morgan fingerprint density at radius 2 is 1.52 bits per heavy atom. The number of ether oxygens (including phenoxy) is 1. The van der Waals surface area contributed by atoms with Crippen molar-refractivity contribution in [2.24, 2.45) is 0 Å². The van der Waals surface area contributed by atoms with Crippen LogP contribution in [0.15, 0.2) is 54.1 Å². The molecule has 7 nitrogen and oxygen atoms in total. The van der Waals surface area contributed by atoms with E-state index < -0.39 is 11.9 Å². The number of rotatable bonds is 5. The molecule has 2 aromatic carbocycles. The Morgan fingerprint density at radius 3 is 2.00 bits per heavy atom. The molecular formula is C20H17N3O4. The van der Waals surface area contributed by atoms with Gasteiger partial charge in [0, 0.05) is 18.3 Å². The number of nitrogens with zero attached hydrogens (tertiary/aromatic N) is 1. The van der Waals surface area contributed by atoms with Gasteiger partial charge in [0.25, 0.3) is 5.91 Å². The standard InChI is InChI=1S/C20H17N3O4/c1-13(24)22-17-7-9-18(10-8-17)23-19(25)16(12-21)11-14-3-5-15(6-4-14)20(26)27-2/h3-11H,1-2H3,(H,22,24)(H,23,25)/b16-11+. The lowest BCUT2D eigenvalue weighted by molar-refractivity contribution is -0.114. The Morgan fingerprint density at radius 1 is 0.963 bits per heavy atom. The van der Waals surface area contributed by atoms with E-state index in [4.69, 9.17) is 0 Å². The molecule has 0 aromatic heterocycles. The Labute approximate surface area is 156 Å². The third-order valence-corrected chi connectivity index (χ3v) is 3.47. The molecular weight excluding hydrogens is 346 g/mol. The van der Waals surface area contributed by atoms with Crippen LogP contribution in [0.1, 0.15) is 22.8 Å². The minimum Gasteiger partial charge on any atom is -0.465 e. The van der Waals surface area contributed by atoms with E-state index in [1.165, 1.54) is 20.1 Å². The number of amides is 2. The molecule has 0 saturated carbocycles. The fraction of sp³-hybridized carbons (Fsp3) is 0.100. The lowest BCUT2D eigenvalue weighted by Gasteiger charge is -2.06. The second-order valence-corrected chi connectivity index (χ2v) is 5.50. The van der Waals surface area contributed by atoms with Gasteiger partial charge in [-0.2, -0.15) is 5.26 Å². The van der Waals surface area contributed by atoms with Crippen LogP contribution >= 0.6 is 0 Å². The van der Waals surface area contributed by atoms with Crippen molar-refractivity contribution < 1.29 is 19.1 Å². The average Bonchev–Trinajstić information content (AvgIpc) is 2.67. The molecule has 0 unspecified atom stereocenters. The summed E-state index contributed by atoms with van der Waals surface area (Å²) in [5, 5.41) is 14.5. The third kappa shape index (κ3) is 5.54. The van der Waals surface area contributed by atoms with Gasteiger partial charge in [-0.25, -0.2) is 4.79 Å². The summed E-state index contributed by atoms with van der Waals surface area (Å²) in [6, 6.07) is 14.7. The molecule has 2 amide bonds. The average molecular weight is 363 g/mol. The van der Waals surface area contributed by atoms with Crippen molar-refractivity contribution in [1.82, 2.24) is 0 Å². The van der Waals surface area contributed by atoms with Crippen LogP contribution in [0.5, 0.6) is 0 Å². The highest BCUT2D eigenvalue weighted by Gasteiger charge is 2.10. The van der Waals surface area contributed by atoms with E-state index in [1.54, 1.807) is 48.5 Å². The second kappa shape index (κ2) is 8.97. The van der Waals surface area contributed by atoms with Crippen LogP contribution < -0.4 is 10.6 Å². The molecule has 0 aliphatic heterocycles. The second-order valence-electron chi connectivity index (χ2n) is 5.50. The number of benzene rings is 2. The van der Waals surface area contributed by atoms with E-state index in [0.29, 0.717) is 22.5 Å². The first-order valence-corrected chi connectivity index (χ1v) is 7.92. The molecule has 0 aliphatic rings. The lowest BCUT2D eigenvalue weighted by atomic mass is 10.1. The number of nitriles is 1. The first-order valence-electron chi connectivity index (χ1n) is 7.92. The summed E-state index contributed by atoms with van der Waals surface area (Å²) >= 11 is 0. The number of methoxy groups -OCH3 is 1. The van der Waals surface area contributed by atoms with Gasteiger partial charge in [0.05, 0.1) is 12.7 Å². The quantitative estimate of drug-likeness (QED) is 0.482. The number of esters is 1. The predicted octanol–water partition coefficient (Wildman–Crippen LogP) is 2.98. The first-order chi connectivity index (χ1) is 12.9.